The second-order valence-electron chi connectivity index (χ2n) is 9.64. The monoisotopic (exact) mass is 587 g/mol. The highest BCUT2D eigenvalue weighted by Gasteiger charge is 2.42. The van der Waals surface area contributed by atoms with E-state index in [0.717, 1.165) is 11.1 Å². The number of rotatable bonds is 10. The summed E-state index contributed by atoms with van der Waals surface area (Å²) < 4.78 is 30.3. The maximum atomic E-state index is 13.7. The summed E-state index contributed by atoms with van der Waals surface area (Å²) in [4.78, 5) is 33.4. The highest BCUT2D eigenvalue weighted by Crippen LogP contribution is 2.47. The number of amidine groups is 1. The maximum Gasteiger partial charge on any atom is 0.338 e. The number of nitrogens with zero attached hydrogens (tertiary/aromatic N) is 2. The van der Waals surface area contributed by atoms with E-state index in [-0.39, 0.29) is 31.3 Å². The lowest BCUT2D eigenvalue weighted by Crippen LogP contribution is -2.38. The molecule has 3 aromatic rings. The minimum absolute atomic E-state index is 0.0292. The van der Waals surface area contributed by atoms with Gasteiger partial charge in [0.1, 0.15) is 23.9 Å². The van der Waals surface area contributed by atoms with Gasteiger partial charge in [-0.2, -0.15) is 0 Å². The molecule has 5 rings (SSSR count). The Morgan fingerprint density at radius 1 is 1.00 bits per heavy atom. The lowest BCUT2D eigenvalue weighted by molar-refractivity contribution is -0.141. The standard InChI is InChI=1S/C32H30FN3O5S/c1-20-29(31(38)41-18-22-7-5-4-6-8-22)30(26-16-25(39-2)13-14-27(26)40-3)36-24(19-42-32(36)35-20)15-28(37)34-17-21-9-11-23(33)12-10-21/h4-14,16,19,30H,15,17-18H2,1-3H3,(H,34,37)/t30-/m1/s1. The number of halogens is 1. The van der Waals surface area contributed by atoms with Gasteiger partial charge in [0.05, 0.1) is 38.0 Å². The van der Waals surface area contributed by atoms with Crippen LogP contribution in [-0.4, -0.2) is 36.2 Å². The molecule has 0 radical (unpaired) electrons. The molecule has 0 aromatic heterocycles. The Kier molecular flexibility index (Phi) is 8.92. The first-order chi connectivity index (χ1) is 20.4. The Labute approximate surface area is 247 Å². The number of ether oxygens (including phenoxy) is 3. The molecular formula is C32H30FN3O5S. The number of hydrogen-bond donors (Lipinski definition) is 1. The predicted octanol–water partition coefficient (Wildman–Crippen LogP) is 5.87. The van der Waals surface area contributed by atoms with E-state index in [9.17, 15) is 14.0 Å². The van der Waals surface area contributed by atoms with Crippen LogP contribution in [0.25, 0.3) is 0 Å². The van der Waals surface area contributed by atoms with Crippen LogP contribution in [0, 0.1) is 5.82 Å². The molecule has 0 unspecified atom stereocenters. The fourth-order valence-electron chi connectivity index (χ4n) is 4.81. The molecule has 2 heterocycles. The highest BCUT2D eigenvalue weighted by molar-refractivity contribution is 8.16. The normalized spacial score (nSPS) is 15.9. The molecular weight excluding hydrogens is 557 g/mol. The van der Waals surface area contributed by atoms with E-state index in [1.807, 2.05) is 46.7 Å². The number of allylic oxidation sites excluding steroid dienone is 1. The Balaban J connectivity index is 1.45. The third-order valence-electron chi connectivity index (χ3n) is 6.91. The number of benzene rings is 3. The second kappa shape index (κ2) is 12.9. The molecule has 0 saturated carbocycles. The fourth-order valence-corrected chi connectivity index (χ4v) is 5.77. The second-order valence-corrected chi connectivity index (χ2v) is 10.5. The first kappa shape index (κ1) is 28.9. The molecule has 0 spiro atoms. The summed E-state index contributed by atoms with van der Waals surface area (Å²) in [5, 5.41) is 5.38. The van der Waals surface area contributed by atoms with E-state index in [4.69, 9.17) is 19.2 Å². The maximum absolute atomic E-state index is 13.7. The van der Waals surface area contributed by atoms with Crippen LogP contribution < -0.4 is 14.8 Å². The van der Waals surface area contributed by atoms with Crippen molar-refractivity contribution in [2.24, 2.45) is 4.99 Å². The zero-order valence-electron chi connectivity index (χ0n) is 23.4. The van der Waals surface area contributed by atoms with Crippen LogP contribution in [0.5, 0.6) is 11.5 Å². The molecule has 0 saturated heterocycles. The Bertz CT molecular complexity index is 1570. The molecule has 3 aromatic carbocycles. The van der Waals surface area contributed by atoms with Crippen LogP contribution in [0.2, 0.25) is 0 Å². The average molecular weight is 588 g/mol. The molecule has 1 atom stereocenters. The fraction of sp³-hybridized carbons (Fsp3) is 0.219. The number of esters is 1. The van der Waals surface area contributed by atoms with Gasteiger partial charge in [-0.25, -0.2) is 14.2 Å². The van der Waals surface area contributed by atoms with Gasteiger partial charge in [-0.3, -0.25) is 4.79 Å². The van der Waals surface area contributed by atoms with E-state index in [0.29, 0.717) is 39.2 Å². The van der Waals surface area contributed by atoms with Gasteiger partial charge in [0.25, 0.3) is 0 Å². The number of nitrogens with one attached hydrogen (secondary N) is 1. The molecule has 10 heteroatoms. The largest absolute Gasteiger partial charge is 0.497 e. The number of carbonyl (C=O) groups is 2. The summed E-state index contributed by atoms with van der Waals surface area (Å²) >= 11 is 1.38. The van der Waals surface area contributed by atoms with Crippen molar-refractivity contribution in [3.8, 4) is 11.5 Å². The van der Waals surface area contributed by atoms with Crippen LogP contribution in [0.3, 0.4) is 0 Å². The summed E-state index contributed by atoms with van der Waals surface area (Å²) in [6, 6.07) is 20.1. The lowest BCUT2D eigenvalue weighted by Gasteiger charge is -2.37. The predicted molar refractivity (Wildman–Crippen MR) is 159 cm³/mol. The first-order valence-corrected chi connectivity index (χ1v) is 14.1. The lowest BCUT2D eigenvalue weighted by atomic mass is 9.92. The number of hydrogen-bond acceptors (Lipinski definition) is 8. The van der Waals surface area contributed by atoms with E-state index in [2.05, 4.69) is 5.32 Å². The Morgan fingerprint density at radius 3 is 2.48 bits per heavy atom. The number of thioether (sulfide) groups is 1. The van der Waals surface area contributed by atoms with Crippen LogP contribution in [0.4, 0.5) is 4.39 Å². The molecule has 216 valence electrons. The minimum atomic E-state index is -0.697. The SMILES string of the molecule is COc1ccc(OC)c([C@@H]2C(C(=O)OCc3ccccc3)=C(C)N=C3SC=C(CC(=O)NCc4ccc(F)cc4)N32)c1. The van der Waals surface area contributed by atoms with E-state index < -0.39 is 12.0 Å². The van der Waals surface area contributed by atoms with Crippen molar-refractivity contribution in [2.75, 3.05) is 14.2 Å². The quantitative estimate of drug-likeness (QED) is 0.297. The molecule has 2 aliphatic heterocycles. The van der Waals surface area contributed by atoms with E-state index >= 15 is 0 Å². The molecule has 8 nitrogen and oxygen atoms in total. The van der Waals surface area contributed by atoms with Crippen molar-refractivity contribution in [3.05, 3.63) is 118 Å². The molecule has 2 aliphatic rings. The average Bonchev–Trinajstić information content (AvgIpc) is 3.40. The van der Waals surface area contributed by atoms with Crippen molar-refractivity contribution < 1.29 is 28.2 Å². The van der Waals surface area contributed by atoms with Gasteiger partial charge in [0, 0.05) is 17.8 Å². The first-order valence-electron chi connectivity index (χ1n) is 13.3. The van der Waals surface area contributed by atoms with Crippen molar-refractivity contribution in [1.82, 2.24) is 10.2 Å². The number of amides is 1. The highest BCUT2D eigenvalue weighted by atomic mass is 32.2. The number of methoxy groups -OCH3 is 2. The molecule has 42 heavy (non-hydrogen) atoms. The summed E-state index contributed by atoms with van der Waals surface area (Å²) in [6.45, 7) is 2.12. The molecule has 1 amide bonds. The summed E-state index contributed by atoms with van der Waals surface area (Å²) in [6.07, 6.45) is 0.0292. The van der Waals surface area contributed by atoms with E-state index in [1.54, 1.807) is 45.4 Å². The molecule has 0 fully saturated rings. The summed E-state index contributed by atoms with van der Waals surface area (Å²) in [5.74, 6) is 0.0315. The van der Waals surface area contributed by atoms with Crippen LogP contribution in [0.1, 0.15) is 36.1 Å². The van der Waals surface area contributed by atoms with Crippen molar-refractivity contribution in [1.29, 1.82) is 0 Å². The van der Waals surface area contributed by atoms with Crippen LogP contribution in [0.15, 0.2) is 100 Å². The van der Waals surface area contributed by atoms with Crippen LogP contribution >= 0.6 is 11.8 Å². The molecule has 0 bridgehead atoms. The van der Waals surface area contributed by atoms with Gasteiger partial charge in [0.15, 0.2) is 5.17 Å². The van der Waals surface area contributed by atoms with Crippen LogP contribution in [-0.2, 0) is 27.5 Å². The molecule has 1 N–H and O–H groups in total. The van der Waals surface area contributed by atoms with Gasteiger partial charge >= 0.3 is 5.97 Å². The van der Waals surface area contributed by atoms with Gasteiger partial charge in [-0.15, -0.1) is 0 Å². The third-order valence-corrected chi connectivity index (χ3v) is 7.80. The number of aliphatic imine (C=N–C) groups is 1. The van der Waals surface area contributed by atoms with E-state index in [1.165, 1.54) is 23.9 Å². The van der Waals surface area contributed by atoms with Crippen molar-refractivity contribution in [3.63, 3.8) is 0 Å². The zero-order valence-corrected chi connectivity index (χ0v) is 24.2. The summed E-state index contributed by atoms with van der Waals surface area (Å²) in [5.41, 5.74) is 3.80. The zero-order chi connectivity index (χ0) is 29.6. The van der Waals surface area contributed by atoms with Gasteiger partial charge in [-0.05, 0) is 53.8 Å². The Morgan fingerprint density at radius 2 is 1.76 bits per heavy atom. The summed E-state index contributed by atoms with van der Waals surface area (Å²) in [7, 11) is 3.13. The third kappa shape index (κ3) is 6.33. The molecule has 0 aliphatic carbocycles. The van der Waals surface area contributed by atoms with Gasteiger partial charge in [0.2, 0.25) is 5.91 Å². The topological polar surface area (TPSA) is 89.5 Å². The van der Waals surface area contributed by atoms with Crippen molar-refractivity contribution in [2.45, 2.75) is 32.5 Å². The Hall–Kier alpha value is -4.57. The number of carbonyl (C=O) groups excluding carboxylic acids is 2. The van der Waals surface area contributed by atoms with Gasteiger partial charge in [-0.1, -0.05) is 54.2 Å². The number of fused-ring (bicyclic) bond motifs is 1. The van der Waals surface area contributed by atoms with Crippen molar-refractivity contribution >= 4 is 28.8 Å². The minimum Gasteiger partial charge on any atom is -0.497 e. The smallest absolute Gasteiger partial charge is 0.338 e. The van der Waals surface area contributed by atoms with Gasteiger partial charge < -0.3 is 24.4 Å².